The number of sulfone groups is 1. The van der Waals surface area contributed by atoms with Gasteiger partial charge in [0.05, 0.1) is 32.9 Å². The van der Waals surface area contributed by atoms with Crippen LogP contribution in [0.15, 0.2) is 62.9 Å². The summed E-state index contributed by atoms with van der Waals surface area (Å²) < 4.78 is 53.1. The normalized spacial score (nSPS) is 16.0. The zero-order chi connectivity index (χ0) is 19.2. The van der Waals surface area contributed by atoms with E-state index in [0.717, 1.165) is 15.4 Å². The van der Waals surface area contributed by atoms with Crippen LogP contribution in [0.25, 0.3) is 10.9 Å². The molecule has 1 N–H and O–H groups in total. The summed E-state index contributed by atoms with van der Waals surface area (Å²) in [5, 5.41) is 0.793. The second kappa shape index (κ2) is 6.57. The molecule has 0 fully saturated rings. The quantitative estimate of drug-likeness (QED) is 0.637. The molecule has 0 atom stereocenters. The first kappa shape index (κ1) is 18.4. The third-order valence-corrected chi connectivity index (χ3v) is 8.36. The summed E-state index contributed by atoms with van der Waals surface area (Å²) in [6.07, 6.45) is 2.49. The number of sulfonamides is 1. The van der Waals surface area contributed by atoms with E-state index in [9.17, 15) is 16.8 Å². The summed E-state index contributed by atoms with van der Waals surface area (Å²) in [4.78, 5) is 4.56. The number of aromatic nitrogens is 1. The van der Waals surface area contributed by atoms with Crippen LogP contribution in [0, 0.1) is 0 Å². The highest BCUT2D eigenvalue weighted by Gasteiger charge is 2.25. The minimum atomic E-state index is -3.86. The minimum absolute atomic E-state index is 0.0349. The number of hydrogen-bond acceptors (Lipinski definition) is 5. The van der Waals surface area contributed by atoms with Gasteiger partial charge in [-0.15, -0.1) is 0 Å². The summed E-state index contributed by atoms with van der Waals surface area (Å²) in [7, 11) is -7.18. The van der Waals surface area contributed by atoms with E-state index in [-0.39, 0.29) is 15.5 Å². The van der Waals surface area contributed by atoms with Gasteiger partial charge in [-0.2, -0.15) is 0 Å². The summed E-state index contributed by atoms with van der Waals surface area (Å²) >= 11 is 3.41. The number of halogens is 1. The van der Waals surface area contributed by atoms with E-state index in [1.54, 1.807) is 6.07 Å². The van der Waals surface area contributed by atoms with Crippen LogP contribution in [0.2, 0.25) is 0 Å². The number of pyridine rings is 1. The number of nitrogens with one attached hydrogen (secondary N) is 1. The molecule has 0 spiro atoms. The lowest BCUT2D eigenvalue weighted by Gasteiger charge is -2.17. The standard InChI is InChI=1S/C18H15BrN2O4S2/c19-16-5-1-3-13-9-14(11-20-18(13)16)21-27(24,25)15-6-7-17-12(10-15)4-2-8-26(17,22)23/h1,3,5-7,9-11,21H,2,4,8H2. The number of para-hydroxylation sites is 1. The second-order valence-corrected chi connectivity index (χ2v) is 10.9. The molecule has 0 unspecified atom stereocenters. The molecular weight excluding hydrogens is 452 g/mol. The molecule has 0 amide bonds. The van der Waals surface area contributed by atoms with Gasteiger partial charge in [-0.3, -0.25) is 9.71 Å². The molecule has 1 aliphatic rings. The average molecular weight is 467 g/mol. The Morgan fingerprint density at radius 2 is 1.93 bits per heavy atom. The van der Waals surface area contributed by atoms with Gasteiger partial charge in [-0.1, -0.05) is 12.1 Å². The Morgan fingerprint density at radius 3 is 2.74 bits per heavy atom. The summed E-state index contributed by atoms with van der Waals surface area (Å²) in [5.74, 6) is 0.0999. The van der Waals surface area contributed by atoms with Crippen LogP contribution >= 0.6 is 15.9 Å². The van der Waals surface area contributed by atoms with E-state index in [0.29, 0.717) is 24.1 Å². The molecule has 0 saturated carbocycles. The number of aryl methyl sites for hydroxylation is 1. The van der Waals surface area contributed by atoms with E-state index in [1.165, 1.54) is 24.4 Å². The van der Waals surface area contributed by atoms with Gasteiger partial charge in [0.1, 0.15) is 0 Å². The van der Waals surface area contributed by atoms with Gasteiger partial charge in [0.2, 0.25) is 0 Å². The van der Waals surface area contributed by atoms with Gasteiger partial charge >= 0.3 is 0 Å². The third kappa shape index (κ3) is 3.46. The fraction of sp³-hybridized carbons (Fsp3) is 0.167. The lowest BCUT2D eigenvalue weighted by Crippen LogP contribution is -2.18. The fourth-order valence-corrected chi connectivity index (χ4v) is 6.33. The average Bonchev–Trinajstić information content (AvgIpc) is 2.61. The Labute approximate surface area is 165 Å². The van der Waals surface area contributed by atoms with Crippen molar-refractivity contribution in [3.05, 3.63) is 58.7 Å². The number of rotatable bonds is 3. The molecule has 0 saturated heterocycles. The Hall–Kier alpha value is -1.97. The molecule has 4 rings (SSSR count). The summed E-state index contributed by atoms with van der Waals surface area (Å²) in [5.41, 5.74) is 1.62. The molecule has 0 radical (unpaired) electrons. The third-order valence-electron chi connectivity index (χ3n) is 4.45. The monoisotopic (exact) mass is 466 g/mol. The maximum Gasteiger partial charge on any atom is 0.261 e. The van der Waals surface area contributed by atoms with Gasteiger partial charge < -0.3 is 0 Å². The highest BCUT2D eigenvalue weighted by Crippen LogP contribution is 2.29. The van der Waals surface area contributed by atoms with Crippen LogP contribution in [0.4, 0.5) is 5.69 Å². The maximum absolute atomic E-state index is 12.8. The summed E-state index contributed by atoms with van der Waals surface area (Å²) in [6, 6.07) is 11.4. The highest BCUT2D eigenvalue weighted by atomic mass is 79.9. The molecule has 140 valence electrons. The van der Waals surface area contributed by atoms with Crippen LogP contribution in [0.3, 0.4) is 0 Å². The van der Waals surface area contributed by atoms with Crippen LogP contribution in [-0.2, 0) is 26.3 Å². The summed E-state index contributed by atoms with van der Waals surface area (Å²) in [6.45, 7) is 0. The van der Waals surface area contributed by atoms with Crippen molar-refractivity contribution in [1.29, 1.82) is 0 Å². The SMILES string of the molecule is O=S1(=O)CCCc2cc(S(=O)(=O)Nc3cnc4c(Br)cccc4c3)ccc21. The first-order valence-corrected chi connectivity index (χ1v) is 12.1. The van der Waals surface area contributed by atoms with E-state index in [1.807, 2.05) is 18.2 Å². The van der Waals surface area contributed by atoms with Gasteiger partial charge in [0.15, 0.2) is 9.84 Å². The van der Waals surface area contributed by atoms with E-state index >= 15 is 0 Å². The van der Waals surface area contributed by atoms with E-state index < -0.39 is 19.9 Å². The second-order valence-electron chi connectivity index (χ2n) is 6.33. The smallest absolute Gasteiger partial charge is 0.261 e. The number of nitrogens with zero attached hydrogens (tertiary/aromatic N) is 1. The van der Waals surface area contributed by atoms with Crippen molar-refractivity contribution in [2.45, 2.75) is 22.6 Å². The van der Waals surface area contributed by atoms with Crippen molar-refractivity contribution in [3.8, 4) is 0 Å². The fourth-order valence-electron chi connectivity index (χ4n) is 3.18. The van der Waals surface area contributed by atoms with Crippen molar-refractivity contribution in [2.24, 2.45) is 0 Å². The van der Waals surface area contributed by atoms with Crippen LogP contribution in [0.5, 0.6) is 0 Å². The van der Waals surface area contributed by atoms with Crippen LogP contribution in [0.1, 0.15) is 12.0 Å². The molecule has 3 aromatic rings. The lowest BCUT2D eigenvalue weighted by atomic mass is 10.1. The maximum atomic E-state index is 12.8. The van der Waals surface area contributed by atoms with Crippen LogP contribution < -0.4 is 4.72 Å². The molecule has 1 aromatic heterocycles. The van der Waals surface area contributed by atoms with Crippen molar-refractivity contribution in [3.63, 3.8) is 0 Å². The Morgan fingerprint density at radius 1 is 1.11 bits per heavy atom. The van der Waals surface area contributed by atoms with Gasteiger partial charge in [-0.05, 0) is 64.7 Å². The Kier molecular flexibility index (Phi) is 4.48. The number of hydrogen-bond donors (Lipinski definition) is 1. The number of benzene rings is 2. The Balaban J connectivity index is 1.70. The van der Waals surface area contributed by atoms with Gasteiger partial charge in [0.25, 0.3) is 10.0 Å². The minimum Gasteiger partial charge on any atom is -0.278 e. The lowest BCUT2D eigenvalue weighted by molar-refractivity contribution is 0.584. The van der Waals surface area contributed by atoms with Gasteiger partial charge in [0, 0.05) is 9.86 Å². The molecule has 9 heteroatoms. The number of fused-ring (bicyclic) bond motifs is 2. The van der Waals surface area contributed by atoms with Crippen molar-refractivity contribution in [2.75, 3.05) is 10.5 Å². The molecule has 2 aromatic carbocycles. The zero-order valence-electron chi connectivity index (χ0n) is 14.0. The van der Waals surface area contributed by atoms with Gasteiger partial charge in [-0.25, -0.2) is 16.8 Å². The molecule has 6 nitrogen and oxygen atoms in total. The number of anilines is 1. The predicted octanol–water partition coefficient (Wildman–Crippen LogP) is 3.52. The zero-order valence-corrected chi connectivity index (χ0v) is 17.2. The van der Waals surface area contributed by atoms with Crippen molar-refractivity contribution < 1.29 is 16.8 Å². The first-order chi connectivity index (χ1) is 12.8. The predicted molar refractivity (Wildman–Crippen MR) is 107 cm³/mol. The van der Waals surface area contributed by atoms with Crippen molar-refractivity contribution >= 4 is 52.4 Å². The molecule has 0 bridgehead atoms. The molecule has 27 heavy (non-hydrogen) atoms. The highest BCUT2D eigenvalue weighted by molar-refractivity contribution is 9.10. The molecular formula is C18H15BrN2O4S2. The molecule has 1 aliphatic heterocycles. The van der Waals surface area contributed by atoms with E-state index in [4.69, 9.17) is 0 Å². The first-order valence-electron chi connectivity index (χ1n) is 8.19. The van der Waals surface area contributed by atoms with Crippen molar-refractivity contribution in [1.82, 2.24) is 4.98 Å². The largest absolute Gasteiger partial charge is 0.278 e. The molecule has 0 aliphatic carbocycles. The topological polar surface area (TPSA) is 93.2 Å². The molecule has 2 heterocycles. The van der Waals surface area contributed by atoms with E-state index in [2.05, 4.69) is 25.6 Å². The van der Waals surface area contributed by atoms with Crippen LogP contribution in [-0.4, -0.2) is 27.6 Å². The Bertz CT molecular complexity index is 1270.